The molecule has 0 heterocycles. The van der Waals surface area contributed by atoms with Crippen molar-refractivity contribution in [3.63, 3.8) is 0 Å². The molecule has 0 amide bonds. The number of nitrogens with two attached hydrogens (primary N) is 1. The predicted molar refractivity (Wildman–Crippen MR) is 71.0 cm³/mol. The lowest BCUT2D eigenvalue weighted by Crippen LogP contribution is -2.03. The number of nitrogen functional groups attached to an aromatic ring is 1. The number of thioether (sulfide) groups is 1. The second kappa shape index (κ2) is 6.40. The van der Waals surface area contributed by atoms with Crippen LogP contribution in [0.3, 0.4) is 0 Å². The minimum Gasteiger partial charge on any atom is -0.399 e. The normalized spacial score (nSPS) is 12.7. The summed E-state index contributed by atoms with van der Waals surface area (Å²) in [5.74, 6) is 2.27. The summed E-state index contributed by atoms with van der Waals surface area (Å²) < 4.78 is 1.02. The van der Waals surface area contributed by atoms with Crippen LogP contribution in [0.1, 0.15) is 12.5 Å². The fraction of sp³-hybridized carbons (Fsp3) is 0.455. The highest BCUT2D eigenvalue weighted by atomic mass is 79.9. The molecule has 0 aromatic heterocycles. The van der Waals surface area contributed by atoms with Gasteiger partial charge in [0.2, 0.25) is 0 Å². The number of rotatable bonds is 5. The quantitative estimate of drug-likeness (QED) is 0.820. The Morgan fingerprint density at radius 3 is 2.80 bits per heavy atom. The minimum absolute atomic E-state index is 0.258. The van der Waals surface area contributed by atoms with E-state index in [0.717, 1.165) is 21.7 Å². The van der Waals surface area contributed by atoms with E-state index in [9.17, 15) is 0 Å². The van der Waals surface area contributed by atoms with Gasteiger partial charge in [0.1, 0.15) is 0 Å². The Kier molecular flexibility index (Phi) is 5.50. The van der Waals surface area contributed by atoms with Crippen LogP contribution >= 0.6 is 27.7 Å². The Hall–Kier alpha value is -0.190. The van der Waals surface area contributed by atoms with Gasteiger partial charge in [-0.15, -0.1) is 0 Å². The van der Waals surface area contributed by atoms with E-state index in [4.69, 9.17) is 10.8 Å². The molecule has 0 bridgehead atoms. The molecule has 0 saturated carbocycles. The first-order chi connectivity index (χ1) is 7.11. The number of aliphatic hydroxyl groups is 1. The van der Waals surface area contributed by atoms with E-state index in [2.05, 4.69) is 22.0 Å². The van der Waals surface area contributed by atoms with Crippen LogP contribution in [0.4, 0.5) is 5.69 Å². The molecule has 0 aliphatic heterocycles. The van der Waals surface area contributed by atoms with Crippen LogP contribution in [0, 0.1) is 5.92 Å². The first-order valence-corrected chi connectivity index (χ1v) is 6.80. The first-order valence-electron chi connectivity index (χ1n) is 4.85. The van der Waals surface area contributed by atoms with Crippen molar-refractivity contribution in [3.8, 4) is 0 Å². The SMILES string of the molecule is CC(CO)CSCc1cc(N)cc(Br)c1. The van der Waals surface area contributed by atoms with Crippen LogP contribution in [-0.2, 0) is 5.75 Å². The molecule has 1 aromatic rings. The molecule has 0 fully saturated rings. The van der Waals surface area contributed by atoms with Crippen LogP contribution in [0.25, 0.3) is 0 Å². The van der Waals surface area contributed by atoms with Crippen LogP contribution < -0.4 is 5.73 Å². The number of anilines is 1. The molecule has 1 unspecified atom stereocenters. The third kappa shape index (κ3) is 4.91. The zero-order valence-electron chi connectivity index (χ0n) is 8.74. The molecule has 0 spiro atoms. The molecular formula is C11H16BrNOS. The summed E-state index contributed by atoms with van der Waals surface area (Å²) in [7, 11) is 0. The van der Waals surface area contributed by atoms with Crippen molar-refractivity contribution in [2.24, 2.45) is 5.92 Å². The van der Waals surface area contributed by atoms with Gasteiger partial charge in [-0.05, 0) is 35.4 Å². The number of hydrogen-bond acceptors (Lipinski definition) is 3. The third-order valence-corrected chi connectivity index (χ3v) is 3.76. The van der Waals surface area contributed by atoms with Gasteiger partial charge in [-0.1, -0.05) is 22.9 Å². The highest BCUT2D eigenvalue weighted by Crippen LogP contribution is 2.22. The van der Waals surface area contributed by atoms with Gasteiger partial charge in [0.25, 0.3) is 0 Å². The molecule has 4 heteroatoms. The van der Waals surface area contributed by atoms with Crippen LogP contribution in [0.5, 0.6) is 0 Å². The maximum Gasteiger partial charge on any atom is 0.0464 e. The van der Waals surface area contributed by atoms with E-state index in [-0.39, 0.29) is 6.61 Å². The van der Waals surface area contributed by atoms with Crippen molar-refractivity contribution in [1.29, 1.82) is 0 Å². The molecule has 3 N–H and O–H groups in total. The third-order valence-electron chi connectivity index (χ3n) is 1.96. The monoisotopic (exact) mass is 289 g/mol. The summed E-state index contributed by atoms with van der Waals surface area (Å²) in [5.41, 5.74) is 7.74. The highest BCUT2D eigenvalue weighted by Gasteiger charge is 2.01. The lowest BCUT2D eigenvalue weighted by atomic mass is 10.2. The summed E-state index contributed by atoms with van der Waals surface area (Å²) in [4.78, 5) is 0. The van der Waals surface area contributed by atoms with Crippen molar-refractivity contribution in [1.82, 2.24) is 0 Å². The number of benzene rings is 1. The van der Waals surface area contributed by atoms with Crippen LogP contribution in [-0.4, -0.2) is 17.5 Å². The molecule has 2 nitrogen and oxygen atoms in total. The number of aliphatic hydroxyl groups excluding tert-OH is 1. The topological polar surface area (TPSA) is 46.2 Å². The van der Waals surface area contributed by atoms with Gasteiger partial charge in [0.05, 0.1) is 0 Å². The van der Waals surface area contributed by atoms with Crippen LogP contribution in [0.2, 0.25) is 0 Å². The second-order valence-electron chi connectivity index (χ2n) is 3.70. The molecule has 15 heavy (non-hydrogen) atoms. The summed E-state index contributed by atoms with van der Waals surface area (Å²) in [6.45, 7) is 2.30. The molecule has 0 aliphatic carbocycles. The highest BCUT2D eigenvalue weighted by molar-refractivity contribution is 9.10. The zero-order chi connectivity index (χ0) is 11.3. The Labute approximate surface area is 103 Å². The molecule has 84 valence electrons. The second-order valence-corrected chi connectivity index (χ2v) is 5.64. The van der Waals surface area contributed by atoms with Gasteiger partial charge in [0, 0.05) is 22.5 Å². The Morgan fingerprint density at radius 1 is 1.47 bits per heavy atom. The lowest BCUT2D eigenvalue weighted by molar-refractivity contribution is 0.250. The van der Waals surface area contributed by atoms with Gasteiger partial charge < -0.3 is 10.8 Å². The predicted octanol–water partition coefficient (Wildman–Crippen LogP) is 2.89. The fourth-order valence-electron chi connectivity index (χ4n) is 1.19. The first kappa shape index (κ1) is 12.9. The van der Waals surface area contributed by atoms with E-state index in [0.29, 0.717) is 5.92 Å². The molecule has 0 radical (unpaired) electrons. The van der Waals surface area contributed by atoms with E-state index in [1.54, 1.807) is 0 Å². The summed E-state index contributed by atoms with van der Waals surface area (Å²) >= 11 is 5.24. The van der Waals surface area contributed by atoms with Crippen molar-refractivity contribution in [2.45, 2.75) is 12.7 Å². The van der Waals surface area contributed by atoms with Gasteiger partial charge in [0.15, 0.2) is 0 Å². The standard InChI is InChI=1S/C11H16BrNOS/c1-8(5-14)6-15-7-9-2-10(12)4-11(13)3-9/h2-4,8,14H,5-7,13H2,1H3. The average Bonchev–Trinajstić information content (AvgIpc) is 2.16. The average molecular weight is 290 g/mol. The summed E-state index contributed by atoms with van der Waals surface area (Å²) in [5, 5.41) is 8.88. The maximum absolute atomic E-state index is 8.88. The number of hydrogen-bond donors (Lipinski definition) is 2. The Bertz CT molecular complexity index is 299. The van der Waals surface area contributed by atoms with Gasteiger partial charge in [-0.25, -0.2) is 0 Å². The smallest absolute Gasteiger partial charge is 0.0464 e. The summed E-state index contributed by atoms with van der Waals surface area (Å²) in [6, 6.07) is 5.96. The van der Waals surface area contributed by atoms with Gasteiger partial charge >= 0.3 is 0 Å². The lowest BCUT2D eigenvalue weighted by Gasteiger charge is -2.08. The van der Waals surface area contributed by atoms with E-state index < -0.39 is 0 Å². The van der Waals surface area contributed by atoms with Crippen molar-refractivity contribution < 1.29 is 5.11 Å². The van der Waals surface area contributed by atoms with E-state index in [1.165, 1.54) is 5.56 Å². The molecular weight excluding hydrogens is 274 g/mol. The van der Waals surface area contributed by atoms with Crippen molar-refractivity contribution in [2.75, 3.05) is 18.1 Å². The largest absolute Gasteiger partial charge is 0.399 e. The Morgan fingerprint density at radius 2 is 2.20 bits per heavy atom. The number of halogens is 1. The Balaban J connectivity index is 2.43. The van der Waals surface area contributed by atoms with E-state index >= 15 is 0 Å². The molecule has 0 aliphatic rings. The molecule has 1 aromatic carbocycles. The molecule has 1 rings (SSSR count). The molecule has 1 atom stereocenters. The van der Waals surface area contributed by atoms with Crippen molar-refractivity contribution >= 4 is 33.4 Å². The van der Waals surface area contributed by atoms with Crippen molar-refractivity contribution in [3.05, 3.63) is 28.2 Å². The maximum atomic E-state index is 8.88. The summed E-state index contributed by atoms with van der Waals surface area (Å²) in [6.07, 6.45) is 0. The van der Waals surface area contributed by atoms with Gasteiger partial charge in [-0.3, -0.25) is 0 Å². The minimum atomic E-state index is 0.258. The van der Waals surface area contributed by atoms with Gasteiger partial charge in [-0.2, -0.15) is 11.8 Å². The van der Waals surface area contributed by atoms with Crippen LogP contribution in [0.15, 0.2) is 22.7 Å². The fourth-order valence-corrected chi connectivity index (χ4v) is 2.78. The molecule has 0 saturated heterocycles. The van der Waals surface area contributed by atoms with E-state index in [1.807, 2.05) is 30.8 Å². The zero-order valence-corrected chi connectivity index (χ0v) is 11.1.